The fourth-order valence-electron chi connectivity index (χ4n) is 2.78. The Bertz CT molecular complexity index is 890. The summed E-state index contributed by atoms with van der Waals surface area (Å²) in [6.45, 7) is 9.30. The van der Waals surface area contributed by atoms with E-state index < -0.39 is 17.9 Å². The van der Waals surface area contributed by atoms with Gasteiger partial charge >= 0.3 is 17.9 Å². The van der Waals surface area contributed by atoms with Crippen LogP contribution >= 0.6 is 44.7 Å². The van der Waals surface area contributed by atoms with Gasteiger partial charge in [0.25, 0.3) is 0 Å². The first kappa shape index (κ1) is 25.8. The van der Waals surface area contributed by atoms with Gasteiger partial charge in [0.2, 0.25) is 0 Å². The number of esters is 3. The summed E-state index contributed by atoms with van der Waals surface area (Å²) in [4.78, 5) is 49.1. The standard InChI is InChI=1S/C20H24O7S4/c1-6-25-16(22)13-10(4)12(9-21)28-19(13)30-31-20-14(17(23)26-7-2)11(5)15(29-20)18(24)27-8-3/h9-10,12H,6-8H2,1-5H3. The molecule has 0 radical (unpaired) electrons. The Balaban J connectivity index is 2.38. The molecule has 0 amide bonds. The molecule has 170 valence electrons. The van der Waals surface area contributed by atoms with Crippen molar-refractivity contribution in [2.24, 2.45) is 5.92 Å². The number of aldehydes is 1. The van der Waals surface area contributed by atoms with Gasteiger partial charge in [-0.15, -0.1) is 23.1 Å². The molecule has 0 fully saturated rings. The predicted molar refractivity (Wildman–Crippen MR) is 125 cm³/mol. The molecule has 1 aromatic rings. The molecule has 1 aliphatic rings. The predicted octanol–water partition coefficient (Wildman–Crippen LogP) is 4.88. The van der Waals surface area contributed by atoms with Crippen molar-refractivity contribution in [2.45, 2.75) is 44.1 Å². The lowest BCUT2D eigenvalue weighted by Crippen LogP contribution is -2.19. The highest BCUT2D eigenvalue weighted by Gasteiger charge is 2.38. The van der Waals surface area contributed by atoms with Crippen molar-refractivity contribution in [3.63, 3.8) is 0 Å². The summed E-state index contributed by atoms with van der Waals surface area (Å²) >= 11 is 2.45. The third kappa shape index (κ3) is 5.88. The van der Waals surface area contributed by atoms with Gasteiger partial charge < -0.3 is 19.0 Å². The summed E-state index contributed by atoms with van der Waals surface area (Å²) in [6, 6.07) is 0. The summed E-state index contributed by atoms with van der Waals surface area (Å²) in [7, 11) is 2.52. The van der Waals surface area contributed by atoms with Gasteiger partial charge in [0.1, 0.15) is 11.2 Å². The van der Waals surface area contributed by atoms with Crippen LogP contribution in [0.1, 0.15) is 53.3 Å². The minimum absolute atomic E-state index is 0.201. The summed E-state index contributed by atoms with van der Waals surface area (Å²) in [5, 5.41) is -0.382. The molecule has 31 heavy (non-hydrogen) atoms. The molecule has 0 saturated heterocycles. The minimum atomic E-state index is -0.521. The lowest BCUT2D eigenvalue weighted by molar-refractivity contribution is -0.139. The Morgan fingerprint density at radius 3 is 2.13 bits per heavy atom. The zero-order valence-electron chi connectivity index (χ0n) is 17.8. The lowest BCUT2D eigenvalue weighted by Gasteiger charge is -2.10. The number of thioether (sulfide) groups is 1. The third-order valence-corrected chi connectivity index (χ3v) is 10.3. The molecule has 7 nitrogen and oxygen atoms in total. The van der Waals surface area contributed by atoms with Crippen molar-refractivity contribution in [3.05, 3.63) is 25.8 Å². The highest BCUT2D eigenvalue weighted by Crippen LogP contribution is 2.54. The van der Waals surface area contributed by atoms with E-state index in [1.54, 1.807) is 27.7 Å². The van der Waals surface area contributed by atoms with Gasteiger partial charge in [-0.3, -0.25) is 0 Å². The van der Waals surface area contributed by atoms with Gasteiger partial charge in [0.05, 0.1) is 44.7 Å². The van der Waals surface area contributed by atoms with Crippen molar-refractivity contribution < 1.29 is 33.4 Å². The van der Waals surface area contributed by atoms with Crippen LogP contribution in [0.25, 0.3) is 0 Å². The molecule has 11 heteroatoms. The normalized spacial score (nSPS) is 18.1. The average Bonchev–Trinajstić information content (AvgIpc) is 3.23. The molecule has 2 heterocycles. The van der Waals surface area contributed by atoms with E-state index in [9.17, 15) is 19.2 Å². The van der Waals surface area contributed by atoms with Gasteiger partial charge in [-0.05, 0) is 54.8 Å². The van der Waals surface area contributed by atoms with Gasteiger partial charge in [-0.1, -0.05) is 6.92 Å². The second kappa shape index (κ2) is 12.0. The molecule has 0 aliphatic carbocycles. The molecule has 0 aromatic carbocycles. The van der Waals surface area contributed by atoms with Crippen LogP contribution in [0.15, 0.2) is 14.0 Å². The van der Waals surface area contributed by atoms with Gasteiger partial charge in [0.15, 0.2) is 0 Å². The van der Waals surface area contributed by atoms with Gasteiger partial charge in [0, 0.05) is 5.92 Å². The fourth-order valence-corrected chi connectivity index (χ4v) is 8.69. The first-order valence-corrected chi connectivity index (χ1v) is 13.5. The Morgan fingerprint density at radius 1 is 0.968 bits per heavy atom. The maximum absolute atomic E-state index is 12.6. The Kier molecular flexibility index (Phi) is 9.98. The number of hydrogen-bond acceptors (Lipinski definition) is 11. The molecule has 0 bridgehead atoms. The van der Waals surface area contributed by atoms with Crippen LogP contribution in [-0.2, 0) is 23.8 Å². The quantitative estimate of drug-likeness (QED) is 0.190. The lowest BCUT2D eigenvalue weighted by atomic mass is 10.00. The molecule has 1 aliphatic heterocycles. The summed E-state index contributed by atoms with van der Waals surface area (Å²) < 4.78 is 16.7. The largest absolute Gasteiger partial charge is 0.463 e. The SMILES string of the molecule is CCOC(=O)C1=C(SSc2sc(C(=O)OCC)c(C)c2C(=O)OCC)SC(C=O)C1C. The van der Waals surface area contributed by atoms with E-state index in [0.29, 0.717) is 30.0 Å². The summed E-state index contributed by atoms with van der Waals surface area (Å²) in [5.74, 6) is -1.75. The Morgan fingerprint density at radius 2 is 1.55 bits per heavy atom. The molecule has 1 aromatic heterocycles. The second-order valence-corrected chi connectivity index (χ2v) is 11.1. The maximum Gasteiger partial charge on any atom is 0.348 e. The highest BCUT2D eigenvalue weighted by molar-refractivity contribution is 8.80. The smallest absolute Gasteiger partial charge is 0.348 e. The van der Waals surface area contributed by atoms with E-state index in [4.69, 9.17) is 14.2 Å². The second-order valence-electron chi connectivity index (χ2n) is 6.26. The van der Waals surface area contributed by atoms with Crippen molar-refractivity contribution in [3.8, 4) is 0 Å². The molecule has 0 spiro atoms. The maximum atomic E-state index is 12.6. The number of ether oxygens (including phenoxy) is 3. The van der Waals surface area contributed by atoms with Crippen LogP contribution in [0.4, 0.5) is 0 Å². The van der Waals surface area contributed by atoms with Crippen LogP contribution in [0.2, 0.25) is 0 Å². The zero-order chi connectivity index (χ0) is 23.1. The van der Waals surface area contributed by atoms with Gasteiger partial charge in [-0.2, -0.15) is 0 Å². The Labute approximate surface area is 197 Å². The summed E-state index contributed by atoms with van der Waals surface area (Å²) in [6.07, 6.45) is 0.824. The molecular formula is C20H24O7S4. The van der Waals surface area contributed by atoms with Gasteiger partial charge in [-0.25, -0.2) is 14.4 Å². The third-order valence-electron chi connectivity index (χ3n) is 4.29. The Hall–Kier alpha value is -1.43. The number of hydrogen-bond donors (Lipinski definition) is 0. The molecule has 2 unspecified atom stereocenters. The van der Waals surface area contributed by atoms with E-state index in [-0.39, 0.29) is 31.0 Å². The van der Waals surface area contributed by atoms with Crippen LogP contribution in [0.5, 0.6) is 0 Å². The molecule has 0 saturated carbocycles. The van der Waals surface area contributed by atoms with E-state index in [2.05, 4.69) is 0 Å². The first-order chi connectivity index (χ1) is 14.8. The van der Waals surface area contributed by atoms with E-state index in [1.807, 2.05) is 6.92 Å². The van der Waals surface area contributed by atoms with Crippen molar-refractivity contribution in [2.75, 3.05) is 19.8 Å². The van der Waals surface area contributed by atoms with E-state index in [1.165, 1.54) is 33.3 Å². The number of rotatable bonds is 10. The molecule has 2 rings (SSSR count). The fraction of sp³-hybridized carbons (Fsp3) is 0.500. The minimum Gasteiger partial charge on any atom is -0.463 e. The average molecular weight is 505 g/mol. The van der Waals surface area contributed by atoms with Crippen LogP contribution in [0.3, 0.4) is 0 Å². The summed E-state index contributed by atoms with van der Waals surface area (Å²) in [5.41, 5.74) is 1.27. The number of carbonyl (C=O) groups is 4. The first-order valence-electron chi connectivity index (χ1n) is 9.65. The number of carbonyl (C=O) groups excluding carboxylic acids is 4. The van der Waals surface area contributed by atoms with Crippen molar-refractivity contribution in [1.82, 2.24) is 0 Å². The van der Waals surface area contributed by atoms with Crippen LogP contribution in [0, 0.1) is 12.8 Å². The molecule has 0 N–H and O–H groups in total. The van der Waals surface area contributed by atoms with Crippen molar-refractivity contribution >= 4 is 68.9 Å². The monoisotopic (exact) mass is 504 g/mol. The highest BCUT2D eigenvalue weighted by atomic mass is 33.1. The molecule has 2 atom stereocenters. The van der Waals surface area contributed by atoms with Crippen molar-refractivity contribution in [1.29, 1.82) is 0 Å². The van der Waals surface area contributed by atoms with E-state index in [0.717, 1.165) is 17.6 Å². The topological polar surface area (TPSA) is 96.0 Å². The van der Waals surface area contributed by atoms with E-state index >= 15 is 0 Å². The molecular weight excluding hydrogens is 480 g/mol. The van der Waals surface area contributed by atoms with Crippen LogP contribution < -0.4 is 0 Å². The van der Waals surface area contributed by atoms with Crippen LogP contribution in [-0.4, -0.2) is 49.3 Å². The number of thiophene rings is 1. The zero-order valence-corrected chi connectivity index (χ0v) is 21.1.